The second-order valence-corrected chi connectivity index (χ2v) is 20.1. The molecule has 0 aromatic heterocycles. The highest BCUT2D eigenvalue weighted by Crippen LogP contribution is 2.36. The molecule has 0 saturated carbocycles. The summed E-state index contributed by atoms with van der Waals surface area (Å²) in [5, 5.41) is 218. The third kappa shape index (κ3) is 14.2. The SMILES string of the molecule is CC(=O)N[C@H]1[C@H](OC[C@@H](O)[C@H](O)[C@H](O[C@@H]2O[C@H](CO)[C@H](O)[C@H](O)[C@H]2O[C@H]2O[C@H](C)[C@H](O)[C@H](O)[C@H]2O)[C@H](CO)O[C@H]2O[C@H](C)[C@H](O)[C@H](O)[C@H]2O)O[C@H](CO)[C@@H](O[C@@H]2O[C@H](CO)[C@H](O)[C@H](O)[C@H]2O)[C@@H]1O[C@H]1O[C@H](C)[C@H](O)[C@H](O)[C@H]1O. The number of hydrogen-bond acceptors (Lipinski definition) is 33. The summed E-state index contributed by atoms with van der Waals surface area (Å²) in [5.74, 6) is -0.881. The molecule has 6 aliphatic rings. The van der Waals surface area contributed by atoms with Gasteiger partial charge >= 0.3 is 0 Å². The van der Waals surface area contributed by atoms with Gasteiger partial charge in [-0.05, 0) is 20.8 Å². The molecule has 6 fully saturated rings. The molecule has 0 aliphatic carbocycles. The Labute approximate surface area is 443 Å². The van der Waals surface area contributed by atoms with Crippen molar-refractivity contribution in [2.24, 2.45) is 0 Å². The molecular formula is C44H77NO33. The Morgan fingerprint density at radius 3 is 1.32 bits per heavy atom. The van der Waals surface area contributed by atoms with E-state index in [2.05, 4.69) is 5.32 Å². The standard InChI is InChI=1S/C44H77NO33/c1-10-20(52)26(58)31(63)40(68-10)74-17(7-48)35(75-44-38(30(62)25(57)16(6-47)72-44)78-42-33(65)28(60)22(54)12(3)70-42)23(55)14(51)9-67-39-19(45-13(4)50)37(77-41-32(64)27(59)21(53)11(2)69-41)36(18(8-49)73-39)76-43-34(66)29(61)24(56)15(5-46)71-43/h10-12,14-44,46-49,51-66H,5-9H2,1-4H3,(H,45,50)/t10-,11-,12-,14-,15-,16-,17+,18-,19-,20+,21+,22+,23+,24+,25+,26+,27+,28+,29+,30+,31-,32-,33-,34-,35-,36-,37-,38-,39-,40-,41-,42-,43+,44+/m1/s1. The van der Waals surface area contributed by atoms with E-state index in [-0.39, 0.29) is 0 Å². The fourth-order valence-corrected chi connectivity index (χ4v) is 9.69. The second-order valence-electron chi connectivity index (χ2n) is 20.1. The van der Waals surface area contributed by atoms with Crippen molar-refractivity contribution in [1.82, 2.24) is 5.32 Å². The van der Waals surface area contributed by atoms with Crippen molar-refractivity contribution >= 4 is 5.91 Å². The lowest BCUT2D eigenvalue weighted by molar-refractivity contribution is -0.382. The molecule has 6 aliphatic heterocycles. The average molecular weight is 1150 g/mol. The smallest absolute Gasteiger partial charge is 0.217 e. The van der Waals surface area contributed by atoms with Crippen LogP contribution in [0.3, 0.4) is 0 Å². The van der Waals surface area contributed by atoms with Crippen LogP contribution in [0.5, 0.6) is 0 Å². The zero-order valence-corrected chi connectivity index (χ0v) is 42.4. The van der Waals surface area contributed by atoms with Crippen LogP contribution in [0.1, 0.15) is 27.7 Å². The first-order valence-electron chi connectivity index (χ1n) is 25.1. The van der Waals surface area contributed by atoms with Gasteiger partial charge in [0.15, 0.2) is 37.7 Å². The van der Waals surface area contributed by atoms with Crippen LogP contribution in [-0.4, -0.2) is 350 Å². The summed E-state index contributed by atoms with van der Waals surface area (Å²) in [5.41, 5.74) is 0. The number of carbonyl (C=O) groups excluding carboxylic acids is 1. The van der Waals surface area contributed by atoms with Gasteiger partial charge in [0.1, 0.15) is 153 Å². The molecule has 34 heteroatoms. The van der Waals surface area contributed by atoms with Crippen LogP contribution in [0.4, 0.5) is 0 Å². The number of carbonyl (C=O) groups is 1. The molecule has 1 amide bonds. The first-order chi connectivity index (χ1) is 36.7. The third-order valence-electron chi connectivity index (χ3n) is 14.5. The summed E-state index contributed by atoms with van der Waals surface area (Å²) in [6.07, 6.45) is -62.8. The molecule has 21 N–H and O–H groups in total. The molecule has 0 aromatic rings. The van der Waals surface area contributed by atoms with Crippen molar-refractivity contribution in [3.63, 3.8) is 0 Å². The molecule has 78 heavy (non-hydrogen) atoms. The summed E-state index contributed by atoms with van der Waals surface area (Å²) in [7, 11) is 0. The van der Waals surface area contributed by atoms with E-state index in [0.29, 0.717) is 0 Å². The highest BCUT2D eigenvalue weighted by molar-refractivity contribution is 5.73. The minimum atomic E-state index is -2.49. The van der Waals surface area contributed by atoms with Crippen molar-refractivity contribution < 1.29 is 164 Å². The maximum Gasteiger partial charge on any atom is 0.217 e. The largest absolute Gasteiger partial charge is 0.394 e. The summed E-state index contributed by atoms with van der Waals surface area (Å²) in [4.78, 5) is 13.0. The van der Waals surface area contributed by atoms with Crippen molar-refractivity contribution in [3.8, 4) is 0 Å². The van der Waals surface area contributed by atoms with Crippen molar-refractivity contribution in [2.75, 3.05) is 33.0 Å². The van der Waals surface area contributed by atoms with Gasteiger partial charge in [-0.25, -0.2) is 0 Å². The number of hydrogen-bond donors (Lipinski definition) is 21. The van der Waals surface area contributed by atoms with Crippen LogP contribution in [-0.2, 0) is 61.6 Å². The number of aliphatic hydroxyl groups is 20. The summed E-state index contributed by atoms with van der Waals surface area (Å²) in [6, 6.07) is -1.79. The van der Waals surface area contributed by atoms with E-state index in [1.54, 1.807) is 0 Å². The first kappa shape index (κ1) is 65.3. The van der Waals surface area contributed by atoms with Gasteiger partial charge in [-0.2, -0.15) is 0 Å². The normalized spacial score (nSPS) is 49.1. The number of ether oxygens (including phenoxy) is 12. The van der Waals surface area contributed by atoms with Crippen LogP contribution in [0, 0.1) is 0 Å². The van der Waals surface area contributed by atoms with E-state index in [0.717, 1.165) is 6.92 Å². The van der Waals surface area contributed by atoms with Crippen LogP contribution in [0.15, 0.2) is 0 Å². The molecular weight excluding hydrogens is 1070 g/mol. The first-order valence-corrected chi connectivity index (χ1v) is 25.1. The van der Waals surface area contributed by atoms with Gasteiger partial charge in [-0.3, -0.25) is 4.79 Å². The molecule has 6 saturated heterocycles. The van der Waals surface area contributed by atoms with Crippen LogP contribution < -0.4 is 5.32 Å². The van der Waals surface area contributed by atoms with Gasteiger partial charge in [-0.1, -0.05) is 0 Å². The Morgan fingerprint density at radius 1 is 0.449 bits per heavy atom. The molecule has 0 spiro atoms. The fraction of sp³-hybridized carbons (Fsp3) is 0.977. The van der Waals surface area contributed by atoms with Gasteiger partial charge in [0.2, 0.25) is 5.91 Å². The predicted molar refractivity (Wildman–Crippen MR) is 241 cm³/mol. The maximum atomic E-state index is 13.0. The Morgan fingerprint density at radius 2 is 0.846 bits per heavy atom. The fourth-order valence-electron chi connectivity index (χ4n) is 9.69. The highest BCUT2D eigenvalue weighted by Gasteiger charge is 2.57. The zero-order chi connectivity index (χ0) is 57.9. The summed E-state index contributed by atoms with van der Waals surface area (Å²) < 4.78 is 69.5. The quantitative estimate of drug-likeness (QED) is 0.0507. The Bertz CT molecular complexity index is 1840. The minimum absolute atomic E-state index is 0.881. The predicted octanol–water partition coefficient (Wildman–Crippen LogP) is -13.4. The number of nitrogens with one attached hydrogen (secondary N) is 1. The average Bonchev–Trinajstić information content (AvgIpc) is 3.46. The zero-order valence-electron chi connectivity index (χ0n) is 42.4. The topological polar surface area (TPSA) is 544 Å². The van der Waals surface area contributed by atoms with E-state index in [9.17, 15) is 107 Å². The summed E-state index contributed by atoms with van der Waals surface area (Å²) >= 11 is 0. The van der Waals surface area contributed by atoms with Crippen LogP contribution in [0.2, 0.25) is 0 Å². The molecule has 0 bridgehead atoms. The third-order valence-corrected chi connectivity index (χ3v) is 14.5. The number of rotatable bonds is 21. The van der Waals surface area contributed by atoms with Crippen molar-refractivity contribution in [1.29, 1.82) is 0 Å². The van der Waals surface area contributed by atoms with E-state index in [4.69, 9.17) is 56.8 Å². The monoisotopic (exact) mass is 1150 g/mol. The molecule has 456 valence electrons. The van der Waals surface area contributed by atoms with Gasteiger partial charge in [0.05, 0.1) is 51.3 Å². The Kier molecular flexibility index (Phi) is 23.6. The molecule has 0 radical (unpaired) electrons. The van der Waals surface area contributed by atoms with Crippen LogP contribution in [0.25, 0.3) is 0 Å². The second kappa shape index (κ2) is 28.2. The van der Waals surface area contributed by atoms with E-state index >= 15 is 0 Å². The molecule has 34 atom stereocenters. The maximum absolute atomic E-state index is 13.0. The van der Waals surface area contributed by atoms with E-state index < -0.39 is 248 Å². The van der Waals surface area contributed by atoms with Crippen LogP contribution >= 0.6 is 0 Å². The Hall–Kier alpha value is -1.81. The number of aliphatic hydroxyl groups excluding tert-OH is 20. The van der Waals surface area contributed by atoms with Gasteiger partial charge < -0.3 is 164 Å². The molecule has 0 aromatic carbocycles. The molecule has 6 heterocycles. The van der Waals surface area contributed by atoms with Gasteiger partial charge in [0.25, 0.3) is 0 Å². The van der Waals surface area contributed by atoms with Crippen molar-refractivity contribution in [2.45, 2.75) is 236 Å². The van der Waals surface area contributed by atoms with Gasteiger partial charge in [0, 0.05) is 6.92 Å². The molecule has 34 nitrogen and oxygen atoms in total. The lowest BCUT2D eigenvalue weighted by atomic mass is 9.94. The van der Waals surface area contributed by atoms with Crippen molar-refractivity contribution in [3.05, 3.63) is 0 Å². The molecule has 6 rings (SSSR count). The number of amides is 1. The molecule has 0 unspecified atom stereocenters. The summed E-state index contributed by atoms with van der Waals surface area (Å²) in [6.45, 7) is -0.597. The minimum Gasteiger partial charge on any atom is -0.394 e. The lowest BCUT2D eigenvalue weighted by Gasteiger charge is -2.50. The highest BCUT2D eigenvalue weighted by atomic mass is 16.8. The van der Waals surface area contributed by atoms with Gasteiger partial charge in [-0.15, -0.1) is 0 Å². The lowest BCUT2D eigenvalue weighted by Crippen LogP contribution is -2.70. The Balaban J connectivity index is 1.33. The van der Waals surface area contributed by atoms with E-state index in [1.165, 1.54) is 20.8 Å². The van der Waals surface area contributed by atoms with E-state index in [1.807, 2.05) is 0 Å².